The highest BCUT2D eigenvalue weighted by Gasteiger charge is 2.10. The van der Waals surface area contributed by atoms with Crippen molar-refractivity contribution in [3.8, 4) is 5.75 Å². The van der Waals surface area contributed by atoms with Crippen LogP contribution in [0.2, 0.25) is 0 Å². The summed E-state index contributed by atoms with van der Waals surface area (Å²) in [4.78, 5) is 11.1. The summed E-state index contributed by atoms with van der Waals surface area (Å²) in [5.74, 6) is -1.37. The number of carboxylic acid groups (broad SMARTS) is 1. The monoisotopic (exact) mass is 275 g/mol. The molecule has 2 aromatic carbocycles. The van der Waals surface area contributed by atoms with E-state index in [2.05, 4.69) is 5.32 Å². The number of nitrogens with one attached hydrogen (secondary N) is 1. The number of halogens is 1. The fraction of sp³-hybridized carbons (Fsp3) is 0.133. The van der Waals surface area contributed by atoms with Gasteiger partial charge in [0, 0.05) is 11.8 Å². The molecule has 0 spiro atoms. The smallest absolute Gasteiger partial charge is 0.337 e. The number of para-hydroxylation sites is 1. The molecule has 4 nitrogen and oxygen atoms in total. The van der Waals surface area contributed by atoms with Crippen molar-refractivity contribution < 1.29 is 19.0 Å². The first-order chi connectivity index (χ1) is 9.61. The van der Waals surface area contributed by atoms with E-state index in [1.165, 1.54) is 18.2 Å². The normalized spacial score (nSPS) is 10.1. The molecule has 0 radical (unpaired) electrons. The van der Waals surface area contributed by atoms with Gasteiger partial charge in [-0.3, -0.25) is 0 Å². The van der Waals surface area contributed by atoms with Crippen molar-refractivity contribution in [2.45, 2.75) is 6.92 Å². The molecule has 20 heavy (non-hydrogen) atoms. The van der Waals surface area contributed by atoms with Gasteiger partial charge in [-0.05, 0) is 31.2 Å². The number of hydrogen-bond donors (Lipinski definition) is 2. The van der Waals surface area contributed by atoms with Crippen LogP contribution in [0.3, 0.4) is 0 Å². The largest absolute Gasteiger partial charge is 0.491 e. The molecule has 104 valence electrons. The minimum atomic E-state index is -1.04. The summed E-state index contributed by atoms with van der Waals surface area (Å²) in [6, 6.07) is 10.8. The highest BCUT2D eigenvalue weighted by molar-refractivity contribution is 5.95. The van der Waals surface area contributed by atoms with Gasteiger partial charge in [-0.15, -0.1) is 0 Å². The van der Waals surface area contributed by atoms with Gasteiger partial charge in [0.1, 0.15) is 0 Å². The molecule has 0 heterocycles. The number of carboxylic acids is 1. The van der Waals surface area contributed by atoms with Crippen LogP contribution in [0, 0.1) is 5.82 Å². The SMILES string of the molecule is CCOc1ccc(Nc2ccccc2C(=O)O)cc1F. The minimum Gasteiger partial charge on any atom is -0.491 e. The molecule has 0 atom stereocenters. The molecular weight excluding hydrogens is 261 g/mol. The number of ether oxygens (including phenoxy) is 1. The van der Waals surface area contributed by atoms with Crippen LogP contribution in [0.4, 0.5) is 15.8 Å². The Morgan fingerprint density at radius 2 is 2.05 bits per heavy atom. The molecule has 0 aliphatic carbocycles. The fourth-order valence-corrected chi connectivity index (χ4v) is 1.79. The molecule has 0 fully saturated rings. The zero-order valence-electron chi connectivity index (χ0n) is 10.9. The van der Waals surface area contributed by atoms with E-state index in [0.717, 1.165) is 0 Å². The Labute approximate surface area is 115 Å². The van der Waals surface area contributed by atoms with E-state index in [9.17, 15) is 9.18 Å². The van der Waals surface area contributed by atoms with Crippen LogP contribution in [0.1, 0.15) is 17.3 Å². The van der Waals surface area contributed by atoms with E-state index in [1.54, 1.807) is 31.2 Å². The third kappa shape index (κ3) is 3.06. The molecule has 0 saturated heterocycles. The van der Waals surface area contributed by atoms with Gasteiger partial charge in [0.15, 0.2) is 11.6 Å². The van der Waals surface area contributed by atoms with Gasteiger partial charge in [-0.1, -0.05) is 12.1 Å². The molecule has 0 saturated carbocycles. The third-order valence-electron chi connectivity index (χ3n) is 2.67. The van der Waals surface area contributed by atoms with Gasteiger partial charge >= 0.3 is 5.97 Å². The Morgan fingerprint density at radius 3 is 2.70 bits per heavy atom. The number of hydrogen-bond acceptors (Lipinski definition) is 3. The molecule has 0 unspecified atom stereocenters. The Morgan fingerprint density at radius 1 is 1.30 bits per heavy atom. The van der Waals surface area contributed by atoms with E-state index in [4.69, 9.17) is 9.84 Å². The van der Waals surface area contributed by atoms with E-state index in [0.29, 0.717) is 18.0 Å². The fourth-order valence-electron chi connectivity index (χ4n) is 1.79. The van der Waals surface area contributed by atoms with Crippen LogP contribution in [0.25, 0.3) is 0 Å². The highest BCUT2D eigenvalue weighted by Crippen LogP contribution is 2.25. The summed E-state index contributed by atoms with van der Waals surface area (Å²) in [6.45, 7) is 2.15. The van der Waals surface area contributed by atoms with Gasteiger partial charge in [0.25, 0.3) is 0 Å². The average Bonchev–Trinajstić information content (AvgIpc) is 2.42. The number of aromatic carboxylic acids is 1. The summed E-state index contributed by atoms with van der Waals surface area (Å²) in [5.41, 5.74) is 0.991. The van der Waals surface area contributed by atoms with Crippen molar-refractivity contribution in [3.05, 3.63) is 53.8 Å². The Hall–Kier alpha value is -2.56. The van der Waals surface area contributed by atoms with Crippen molar-refractivity contribution >= 4 is 17.3 Å². The van der Waals surface area contributed by atoms with Gasteiger partial charge < -0.3 is 15.2 Å². The van der Waals surface area contributed by atoms with Crippen LogP contribution in [0.5, 0.6) is 5.75 Å². The molecule has 0 aliphatic heterocycles. The summed E-state index contributed by atoms with van der Waals surface area (Å²) < 4.78 is 18.8. The predicted molar refractivity (Wildman–Crippen MR) is 74.3 cm³/mol. The maximum Gasteiger partial charge on any atom is 0.337 e. The van der Waals surface area contributed by atoms with E-state index < -0.39 is 11.8 Å². The second-order valence-electron chi connectivity index (χ2n) is 4.05. The molecule has 2 N–H and O–H groups in total. The standard InChI is InChI=1S/C15H14FNO3/c1-2-20-14-8-7-10(9-12(14)16)17-13-6-4-3-5-11(13)15(18)19/h3-9,17H,2H2,1H3,(H,18,19). The number of carbonyl (C=O) groups is 1. The Kier molecular flexibility index (Phi) is 4.20. The van der Waals surface area contributed by atoms with Crippen molar-refractivity contribution in [3.63, 3.8) is 0 Å². The first kappa shape index (κ1) is 13.9. The van der Waals surface area contributed by atoms with Crippen molar-refractivity contribution in [2.24, 2.45) is 0 Å². The van der Waals surface area contributed by atoms with Crippen LogP contribution in [-0.4, -0.2) is 17.7 Å². The lowest BCUT2D eigenvalue weighted by Crippen LogP contribution is -2.02. The maximum absolute atomic E-state index is 13.7. The molecule has 5 heteroatoms. The molecule has 2 aromatic rings. The summed E-state index contributed by atoms with van der Waals surface area (Å²) in [7, 11) is 0. The number of rotatable bonds is 5. The zero-order chi connectivity index (χ0) is 14.5. The number of benzene rings is 2. The lowest BCUT2D eigenvalue weighted by Gasteiger charge is -2.11. The van der Waals surface area contributed by atoms with Crippen LogP contribution < -0.4 is 10.1 Å². The van der Waals surface area contributed by atoms with E-state index >= 15 is 0 Å². The summed E-state index contributed by atoms with van der Waals surface area (Å²) >= 11 is 0. The first-order valence-electron chi connectivity index (χ1n) is 6.13. The molecule has 0 bridgehead atoms. The molecule has 0 aromatic heterocycles. The summed E-state index contributed by atoms with van der Waals surface area (Å²) in [6.07, 6.45) is 0. The topological polar surface area (TPSA) is 58.6 Å². The average molecular weight is 275 g/mol. The Bertz CT molecular complexity index is 628. The molecule has 0 amide bonds. The molecule has 2 rings (SSSR count). The van der Waals surface area contributed by atoms with E-state index in [1.807, 2.05) is 0 Å². The second-order valence-corrected chi connectivity index (χ2v) is 4.05. The summed E-state index contributed by atoms with van der Waals surface area (Å²) in [5, 5.41) is 12.0. The first-order valence-corrected chi connectivity index (χ1v) is 6.13. The van der Waals surface area contributed by atoms with E-state index in [-0.39, 0.29) is 11.3 Å². The highest BCUT2D eigenvalue weighted by atomic mass is 19.1. The van der Waals surface area contributed by atoms with Crippen LogP contribution in [0.15, 0.2) is 42.5 Å². The lowest BCUT2D eigenvalue weighted by atomic mass is 10.1. The van der Waals surface area contributed by atoms with Gasteiger partial charge in [-0.25, -0.2) is 9.18 Å². The van der Waals surface area contributed by atoms with Crippen molar-refractivity contribution in [1.29, 1.82) is 0 Å². The number of anilines is 2. The van der Waals surface area contributed by atoms with Crippen LogP contribution in [-0.2, 0) is 0 Å². The molecular formula is C15H14FNO3. The lowest BCUT2D eigenvalue weighted by molar-refractivity contribution is 0.0698. The van der Waals surface area contributed by atoms with Crippen molar-refractivity contribution in [2.75, 3.05) is 11.9 Å². The van der Waals surface area contributed by atoms with Crippen molar-refractivity contribution in [1.82, 2.24) is 0 Å². The second kappa shape index (κ2) is 6.06. The Balaban J connectivity index is 2.27. The third-order valence-corrected chi connectivity index (χ3v) is 2.67. The van der Waals surface area contributed by atoms with Gasteiger partial charge in [0.05, 0.1) is 17.9 Å². The van der Waals surface area contributed by atoms with Gasteiger partial charge in [-0.2, -0.15) is 0 Å². The zero-order valence-corrected chi connectivity index (χ0v) is 10.9. The van der Waals surface area contributed by atoms with Crippen LogP contribution >= 0.6 is 0 Å². The quantitative estimate of drug-likeness (QED) is 0.874. The molecule has 0 aliphatic rings. The minimum absolute atomic E-state index is 0.127. The van der Waals surface area contributed by atoms with Gasteiger partial charge in [0.2, 0.25) is 0 Å². The predicted octanol–water partition coefficient (Wildman–Crippen LogP) is 3.67. The maximum atomic E-state index is 13.7.